The van der Waals surface area contributed by atoms with Gasteiger partial charge in [0.05, 0.1) is 18.1 Å². The maximum atomic E-state index is 6.33. The molecule has 31 heavy (non-hydrogen) atoms. The predicted molar refractivity (Wildman–Crippen MR) is 127 cm³/mol. The van der Waals surface area contributed by atoms with Crippen molar-refractivity contribution in [3.63, 3.8) is 0 Å². The Balaban J connectivity index is 0.00000112. The van der Waals surface area contributed by atoms with E-state index in [1.807, 2.05) is 32.3 Å². The molecular weight excluding hydrogens is 406 g/mol. The van der Waals surface area contributed by atoms with Crippen LogP contribution in [-0.2, 0) is 19.3 Å². The summed E-state index contributed by atoms with van der Waals surface area (Å²) in [6.45, 7) is 9.32. The van der Waals surface area contributed by atoms with Crippen molar-refractivity contribution in [1.82, 2.24) is 24.8 Å². The molecule has 1 aromatic carbocycles. The van der Waals surface area contributed by atoms with Crippen LogP contribution in [0.1, 0.15) is 48.0 Å². The molecular formula is C25H32ClN5. The monoisotopic (exact) mass is 437 g/mol. The van der Waals surface area contributed by atoms with Crippen LogP contribution in [0.2, 0.25) is 5.02 Å². The van der Waals surface area contributed by atoms with Gasteiger partial charge in [0, 0.05) is 62.3 Å². The van der Waals surface area contributed by atoms with Crippen LogP contribution in [0, 0.1) is 0 Å². The second-order valence-corrected chi connectivity index (χ2v) is 8.43. The van der Waals surface area contributed by atoms with E-state index in [0.29, 0.717) is 0 Å². The number of aromatic nitrogens is 3. The average Bonchev–Trinajstić information content (AvgIpc) is 3.28. The largest absolute Gasteiger partial charge is 0.348 e. The summed E-state index contributed by atoms with van der Waals surface area (Å²) in [5.74, 6) is 0. The molecule has 1 aliphatic carbocycles. The van der Waals surface area contributed by atoms with Crippen LogP contribution in [0.4, 0.5) is 0 Å². The smallest absolute Gasteiger partial charge is 0.0921 e. The zero-order valence-corrected chi connectivity index (χ0v) is 19.3. The van der Waals surface area contributed by atoms with Gasteiger partial charge in [0.2, 0.25) is 0 Å². The Bertz CT molecular complexity index is 964. The first-order valence-electron chi connectivity index (χ1n) is 11.4. The van der Waals surface area contributed by atoms with Gasteiger partial charge in [-0.2, -0.15) is 0 Å². The summed E-state index contributed by atoms with van der Waals surface area (Å²) in [4.78, 5) is 17.3. The van der Waals surface area contributed by atoms with Gasteiger partial charge in [0.1, 0.15) is 0 Å². The molecule has 1 N–H and O–H groups in total. The molecule has 5 nitrogen and oxygen atoms in total. The number of H-pyrrole nitrogens is 1. The van der Waals surface area contributed by atoms with Crippen molar-refractivity contribution in [3.05, 3.63) is 82.2 Å². The number of hydrogen-bond acceptors (Lipinski definition) is 4. The molecule has 3 heterocycles. The summed E-state index contributed by atoms with van der Waals surface area (Å²) in [6, 6.07) is 10.9. The van der Waals surface area contributed by atoms with Crippen molar-refractivity contribution >= 4 is 11.6 Å². The second kappa shape index (κ2) is 10.4. The van der Waals surface area contributed by atoms with Crippen molar-refractivity contribution in [2.45, 2.75) is 39.2 Å². The first-order valence-corrected chi connectivity index (χ1v) is 11.8. The molecule has 0 radical (unpaired) electrons. The number of fused-ring (bicyclic) bond motifs is 2. The maximum absolute atomic E-state index is 6.33. The minimum atomic E-state index is 0.218. The SMILES string of the molecule is CC.Clc1ccc2c(c1)CCc1cccnc1C2N1CCN(CCc2cnc[nH]2)CC1. The van der Waals surface area contributed by atoms with Crippen LogP contribution in [0.25, 0.3) is 0 Å². The molecule has 5 rings (SSSR count). The summed E-state index contributed by atoms with van der Waals surface area (Å²) in [5, 5.41) is 0.824. The van der Waals surface area contributed by atoms with Crippen molar-refractivity contribution < 1.29 is 0 Å². The molecule has 164 valence electrons. The number of nitrogens with zero attached hydrogens (tertiary/aromatic N) is 4. The number of nitrogens with one attached hydrogen (secondary N) is 1. The Hall–Kier alpha value is -2.21. The van der Waals surface area contributed by atoms with E-state index in [-0.39, 0.29) is 6.04 Å². The molecule has 1 aliphatic heterocycles. The Kier molecular flexibility index (Phi) is 7.38. The van der Waals surface area contributed by atoms with Gasteiger partial charge >= 0.3 is 0 Å². The molecule has 1 saturated heterocycles. The zero-order chi connectivity index (χ0) is 21.6. The van der Waals surface area contributed by atoms with Gasteiger partial charge in [0.15, 0.2) is 0 Å². The minimum Gasteiger partial charge on any atom is -0.348 e. The van der Waals surface area contributed by atoms with Gasteiger partial charge in [-0.15, -0.1) is 0 Å². The lowest BCUT2D eigenvalue weighted by molar-refractivity contribution is 0.108. The van der Waals surface area contributed by atoms with E-state index in [9.17, 15) is 0 Å². The fraction of sp³-hybridized carbons (Fsp3) is 0.440. The second-order valence-electron chi connectivity index (χ2n) is 8.00. The molecule has 1 atom stereocenters. The number of aromatic amines is 1. The summed E-state index contributed by atoms with van der Waals surface area (Å²) in [7, 11) is 0. The van der Waals surface area contributed by atoms with E-state index >= 15 is 0 Å². The standard InChI is InChI=1S/C23H26ClN5.C2H6/c24-19-5-6-21-18(14-19)4-3-17-2-1-8-26-22(17)23(21)29-12-10-28(11-13-29)9-7-20-15-25-16-27-20;1-2/h1-2,5-6,8,14-16,23H,3-4,7,9-13H2,(H,25,27);1-2H3. The molecule has 1 unspecified atom stereocenters. The molecule has 2 aromatic heterocycles. The lowest BCUT2D eigenvalue weighted by Gasteiger charge is -2.39. The van der Waals surface area contributed by atoms with Crippen LogP contribution in [0.15, 0.2) is 49.1 Å². The summed E-state index contributed by atoms with van der Waals surface area (Å²) in [6.07, 6.45) is 8.69. The van der Waals surface area contributed by atoms with Gasteiger partial charge in [-0.1, -0.05) is 37.6 Å². The van der Waals surface area contributed by atoms with E-state index in [1.165, 1.54) is 28.1 Å². The molecule has 3 aromatic rings. The first-order chi connectivity index (χ1) is 15.3. The van der Waals surface area contributed by atoms with E-state index < -0.39 is 0 Å². The number of piperazine rings is 1. The Morgan fingerprint density at radius 2 is 1.87 bits per heavy atom. The van der Waals surface area contributed by atoms with E-state index in [2.05, 4.69) is 44.0 Å². The number of hydrogen-bond donors (Lipinski definition) is 1. The Labute approximate surface area is 190 Å². The normalized spacial score (nSPS) is 19.0. The minimum absolute atomic E-state index is 0.218. The third-order valence-electron chi connectivity index (χ3n) is 6.27. The van der Waals surface area contributed by atoms with Crippen molar-refractivity contribution in [2.75, 3.05) is 32.7 Å². The van der Waals surface area contributed by atoms with Gasteiger partial charge in [-0.25, -0.2) is 4.98 Å². The maximum Gasteiger partial charge on any atom is 0.0921 e. The van der Waals surface area contributed by atoms with E-state index in [0.717, 1.165) is 57.0 Å². The van der Waals surface area contributed by atoms with Gasteiger partial charge in [-0.3, -0.25) is 9.88 Å². The van der Waals surface area contributed by atoms with Crippen molar-refractivity contribution in [3.8, 4) is 0 Å². The summed E-state index contributed by atoms with van der Waals surface area (Å²) < 4.78 is 0. The number of halogens is 1. The third kappa shape index (κ3) is 5.00. The molecule has 0 amide bonds. The van der Waals surface area contributed by atoms with Crippen LogP contribution in [0.5, 0.6) is 0 Å². The van der Waals surface area contributed by atoms with E-state index in [1.54, 1.807) is 6.33 Å². The average molecular weight is 438 g/mol. The summed E-state index contributed by atoms with van der Waals surface area (Å²) in [5.41, 5.74) is 6.53. The van der Waals surface area contributed by atoms with E-state index in [4.69, 9.17) is 16.6 Å². The highest BCUT2D eigenvalue weighted by Gasteiger charge is 2.32. The molecule has 1 fully saturated rings. The number of benzene rings is 1. The lowest BCUT2D eigenvalue weighted by atomic mass is 9.96. The van der Waals surface area contributed by atoms with Gasteiger partial charge in [-0.05, 0) is 47.7 Å². The van der Waals surface area contributed by atoms with Crippen LogP contribution in [0.3, 0.4) is 0 Å². The predicted octanol–water partition coefficient (Wildman–Crippen LogP) is 4.53. The topological polar surface area (TPSA) is 48.1 Å². The van der Waals surface area contributed by atoms with Crippen molar-refractivity contribution in [2.24, 2.45) is 0 Å². The number of imidazole rings is 1. The molecule has 0 bridgehead atoms. The third-order valence-corrected chi connectivity index (χ3v) is 6.51. The van der Waals surface area contributed by atoms with Crippen LogP contribution >= 0.6 is 11.6 Å². The Morgan fingerprint density at radius 3 is 2.65 bits per heavy atom. The fourth-order valence-corrected chi connectivity index (χ4v) is 4.89. The molecule has 2 aliphatic rings. The zero-order valence-electron chi connectivity index (χ0n) is 18.5. The van der Waals surface area contributed by atoms with Gasteiger partial charge < -0.3 is 9.88 Å². The quantitative estimate of drug-likeness (QED) is 0.651. The first kappa shape index (κ1) is 22.0. The number of aryl methyl sites for hydroxylation is 2. The highest BCUT2D eigenvalue weighted by molar-refractivity contribution is 6.30. The molecule has 6 heteroatoms. The Morgan fingerprint density at radius 1 is 1.06 bits per heavy atom. The van der Waals surface area contributed by atoms with Crippen LogP contribution < -0.4 is 0 Å². The summed E-state index contributed by atoms with van der Waals surface area (Å²) >= 11 is 6.33. The molecule has 0 saturated carbocycles. The van der Waals surface area contributed by atoms with Crippen LogP contribution in [-0.4, -0.2) is 57.5 Å². The number of pyridine rings is 1. The van der Waals surface area contributed by atoms with Gasteiger partial charge in [0.25, 0.3) is 0 Å². The molecule has 0 spiro atoms. The highest BCUT2D eigenvalue weighted by atomic mass is 35.5. The number of rotatable bonds is 4. The highest BCUT2D eigenvalue weighted by Crippen LogP contribution is 2.37. The fourth-order valence-electron chi connectivity index (χ4n) is 4.70. The van der Waals surface area contributed by atoms with Crippen molar-refractivity contribution in [1.29, 1.82) is 0 Å². The lowest BCUT2D eigenvalue weighted by Crippen LogP contribution is -2.48.